The Morgan fingerprint density at radius 2 is 1.47 bits per heavy atom. The summed E-state index contributed by atoms with van der Waals surface area (Å²) >= 11 is 0. The number of rotatable bonds is 4. The second-order valence-electron chi connectivity index (χ2n) is 5.09. The predicted octanol–water partition coefficient (Wildman–Crippen LogP) is 1.85. The Bertz CT molecular complexity index is 489. The first kappa shape index (κ1) is 14.5. The van der Waals surface area contributed by atoms with Crippen LogP contribution in [0, 0.1) is 0 Å². The van der Waals surface area contributed by atoms with E-state index in [0.29, 0.717) is 19.6 Å². The molecule has 0 spiro atoms. The second-order valence-corrected chi connectivity index (χ2v) is 7.06. The molecule has 1 saturated heterocycles. The predicted molar refractivity (Wildman–Crippen MR) is 77.0 cm³/mol. The molecule has 0 aliphatic carbocycles. The van der Waals surface area contributed by atoms with Gasteiger partial charge >= 0.3 is 0 Å². The number of sulfonamides is 1. The first-order valence-electron chi connectivity index (χ1n) is 6.87. The summed E-state index contributed by atoms with van der Waals surface area (Å²) in [5, 5.41) is 0. The van der Waals surface area contributed by atoms with E-state index in [9.17, 15) is 8.42 Å². The van der Waals surface area contributed by atoms with Crippen molar-refractivity contribution in [3.63, 3.8) is 0 Å². The number of hydrogen-bond acceptors (Lipinski definition) is 3. The van der Waals surface area contributed by atoms with Gasteiger partial charge in [0.15, 0.2) is 0 Å². The van der Waals surface area contributed by atoms with Crippen LogP contribution in [0.25, 0.3) is 0 Å². The Morgan fingerprint density at radius 1 is 0.947 bits per heavy atom. The Hall–Kier alpha value is -0.910. The molecule has 2 rings (SSSR count). The third-order valence-corrected chi connectivity index (χ3v) is 5.42. The zero-order valence-electron chi connectivity index (χ0n) is 11.2. The van der Waals surface area contributed by atoms with Gasteiger partial charge in [-0.2, -0.15) is 0 Å². The third-order valence-electron chi connectivity index (χ3n) is 3.57. The highest BCUT2D eigenvalue weighted by atomic mass is 32.2. The van der Waals surface area contributed by atoms with Gasteiger partial charge in [-0.3, -0.25) is 0 Å². The minimum Gasteiger partial charge on any atom is -0.326 e. The molecule has 5 heteroatoms. The van der Waals surface area contributed by atoms with Gasteiger partial charge in [-0.25, -0.2) is 12.7 Å². The molecular weight excluding hydrogens is 260 g/mol. The third kappa shape index (κ3) is 4.03. The Kier molecular flexibility index (Phi) is 4.96. The summed E-state index contributed by atoms with van der Waals surface area (Å²) in [5.41, 5.74) is 7.39. The lowest BCUT2D eigenvalue weighted by atomic mass is 10.1. The van der Waals surface area contributed by atoms with Gasteiger partial charge in [0.25, 0.3) is 0 Å². The monoisotopic (exact) mass is 282 g/mol. The highest BCUT2D eigenvalue weighted by molar-refractivity contribution is 7.88. The number of nitrogens with zero attached hydrogens (tertiary/aromatic N) is 1. The van der Waals surface area contributed by atoms with Gasteiger partial charge in [0.1, 0.15) is 0 Å². The molecule has 0 atom stereocenters. The fraction of sp³-hybridized carbons (Fsp3) is 0.571. The van der Waals surface area contributed by atoms with Crippen LogP contribution >= 0.6 is 0 Å². The van der Waals surface area contributed by atoms with Gasteiger partial charge in [0, 0.05) is 19.6 Å². The van der Waals surface area contributed by atoms with Crippen LogP contribution in [-0.2, 0) is 22.3 Å². The molecule has 0 amide bonds. The zero-order chi connectivity index (χ0) is 13.7. The molecular formula is C14H22N2O2S. The second kappa shape index (κ2) is 6.50. The molecule has 19 heavy (non-hydrogen) atoms. The maximum Gasteiger partial charge on any atom is 0.218 e. The number of benzene rings is 1. The average Bonchev–Trinajstić information content (AvgIpc) is 2.68. The fourth-order valence-electron chi connectivity index (χ4n) is 2.39. The number of nitrogens with two attached hydrogens (primary N) is 1. The quantitative estimate of drug-likeness (QED) is 0.916. The van der Waals surface area contributed by atoms with E-state index < -0.39 is 10.0 Å². The zero-order valence-corrected chi connectivity index (χ0v) is 12.0. The summed E-state index contributed by atoms with van der Waals surface area (Å²) in [6.07, 6.45) is 4.23. The first-order chi connectivity index (χ1) is 9.12. The van der Waals surface area contributed by atoms with Crippen LogP contribution in [0.5, 0.6) is 0 Å². The van der Waals surface area contributed by atoms with Gasteiger partial charge in [-0.1, -0.05) is 37.1 Å². The minimum absolute atomic E-state index is 0.0951. The molecule has 1 fully saturated rings. The summed E-state index contributed by atoms with van der Waals surface area (Å²) in [6.45, 7) is 1.82. The van der Waals surface area contributed by atoms with Crippen molar-refractivity contribution >= 4 is 10.0 Å². The van der Waals surface area contributed by atoms with E-state index in [1.54, 1.807) is 4.31 Å². The van der Waals surface area contributed by atoms with Crippen LogP contribution in [0.4, 0.5) is 0 Å². The van der Waals surface area contributed by atoms with Crippen molar-refractivity contribution in [2.24, 2.45) is 5.73 Å². The van der Waals surface area contributed by atoms with E-state index >= 15 is 0 Å². The van der Waals surface area contributed by atoms with Gasteiger partial charge in [-0.05, 0) is 24.0 Å². The molecule has 0 unspecified atom stereocenters. The van der Waals surface area contributed by atoms with E-state index in [2.05, 4.69) is 0 Å². The van der Waals surface area contributed by atoms with Crippen molar-refractivity contribution < 1.29 is 8.42 Å². The van der Waals surface area contributed by atoms with Crippen molar-refractivity contribution in [1.29, 1.82) is 0 Å². The molecule has 106 valence electrons. The van der Waals surface area contributed by atoms with Crippen LogP contribution in [0.1, 0.15) is 36.8 Å². The van der Waals surface area contributed by atoms with Gasteiger partial charge in [0.05, 0.1) is 5.75 Å². The lowest BCUT2D eigenvalue weighted by Gasteiger charge is -2.19. The maximum atomic E-state index is 12.4. The maximum absolute atomic E-state index is 12.4. The standard InChI is InChI=1S/C14H22N2O2S/c15-11-13-5-7-14(8-6-13)12-19(17,18)16-9-3-1-2-4-10-16/h5-8H,1-4,9-12,15H2. The average molecular weight is 282 g/mol. The Morgan fingerprint density at radius 3 is 2.00 bits per heavy atom. The highest BCUT2D eigenvalue weighted by Gasteiger charge is 2.23. The van der Waals surface area contributed by atoms with E-state index in [1.807, 2.05) is 24.3 Å². The van der Waals surface area contributed by atoms with Crippen molar-refractivity contribution in [1.82, 2.24) is 4.31 Å². The molecule has 1 aliphatic rings. The molecule has 0 bridgehead atoms. The van der Waals surface area contributed by atoms with Crippen LogP contribution in [0.3, 0.4) is 0 Å². The van der Waals surface area contributed by atoms with Gasteiger partial charge < -0.3 is 5.73 Å². The van der Waals surface area contributed by atoms with Crippen molar-refractivity contribution in [2.45, 2.75) is 38.0 Å². The summed E-state index contributed by atoms with van der Waals surface area (Å²) in [7, 11) is -3.18. The molecule has 4 nitrogen and oxygen atoms in total. The van der Waals surface area contributed by atoms with E-state index in [4.69, 9.17) is 5.73 Å². The lowest BCUT2D eigenvalue weighted by molar-refractivity contribution is 0.423. The van der Waals surface area contributed by atoms with Crippen molar-refractivity contribution in [2.75, 3.05) is 13.1 Å². The molecule has 1 heterocycles. The van der Waals surface area contributed by atoms with Crippen molar-refractivity contribution in [3.05, 3.63) is 35.4 Å². The lowest BCUT2D eigenvalue weighted by Crippen LogP contribution is -2.32. The molecule has 0 radical (unpaired) electrons. The molecule has 1 aromatic carbocycles. The fourth-order valence-corrected chi connectivity index (χ4v) is 4.00. The van der Waals surface area contributed by atoms with Crippen LogP contribution in [-0.4, -0.2) is 25.8 Å². The van der Waals surface area contributed by atoms with E-state index in [-0.39, 0.29) is 5.75 Å². The summed E-state index contributed by atoms with van der Waals surface area (Å²) in [4.78, 5) is 0. The molecule has 1 aromatic rings. The minimum atomic E-state index is -3.18. The van der Waals surface area contributed by atoms with E-state index in [0.717, 1.165) is 36.8 Å². The molecule has 0 saturated carbocycles. The van der Waals surface area contributed by atoms with Crippen LogP contribution in [0.2, 0.25) is 0 Å². The molecule has 1 aliphatic heterocycles. The summed E-state index contributed by atoms with van der Waals surface area (Å²) in [5.74, 6) is 0.0951. The first-order valence-corrected chi connectivity index (χ1v) is 8.48. The molecule has 2 N–H and O–H groups in total. The van der Waals surface area contributed by atoms with Gasteiger partial charge in [-0.15, -0.1) is 0 Å². The Balaban J connectivity index is 2.06. The molecule has 0 aromatic heterocycles. The Labute approximate surface area is 115 Å². The topological polar surface area (TPSA) is 63.4 Å². The smallest absolute Gasteiger partial charge is 0.218 e. The van der Waals surface area contributed by atoms with Gasteiger partial charge in [0.2, 0.25) is 10.0 Å². The summed E-state index contributed by atoms with van der Waals surface area (Å²) in [6, 6.07) is 7.51. The van der Waals surface area contributed by atoms with Crippen molar-refractivity contribution in [3.8, 4) is 0 Å². The highest BCUT2D eigenvalue weighted by Crippen LogP contribution is 2.17. The summed E-state index contributed by atoms with van der Waals surface area (Å²) < 4.78 is 26.4. The van der Waals surface area contributed by atoms with E-state index in [1.165, 1.54) is 0 Å². The van der Waals surface area contributed by atoms with Crippen LogP contribution < -0.4 is 5.73 Å². The SMILES string of the molecule is NCc1ccc(CS(=O)(=O)N2CCCCCC2)cc1. The largest absolute Gasteiger partial charge is 0.326 e. The normalized spacial score (nSPS) is 18.2. The number of hydrogen-bond donors (Lipinski definition) is 1. The van der Waals surface area contributed by atoms with Crippen LogP contribution in [0.15, 0.2) is 24.3 Å².